The summed E-state index contributed by atoms with van der Waals surface area (Å²) < 4.78 is 5.26. The van der Waals surface area contributed by atoms with Crippen molar-refractivity contribution < 1.29 is 18.8 Å². The second-order valence-electron chi connectivity index (χ2n) is 7.22. The number of amides is 3. The third-order valence-electron chi connectivity index (χ3n) is 4.64. The summed E-state index contributed by atoms with van der Waals surface area (Å²) >= 11 is 0.682. The van der Waals surface area contributed by atoms with Crippen LogP contribution in [0.3, 0.4) is 0 Å². The highest BCUT2D eigenvalue weighted by Gasteiger charge is 2.36. The van der Waals surface area contributed by atoms with Crippen LogP contribution < -0.4 is 10.9 Å². The predicted octanol–water partition coefficient (Wildman–Crippen LogP) is 4.08. The first-order chi connectivity index (χ1) is 14.8. The van der Waals surface area contributed by atoms with Gasteiger partial charge in [-0.3, -0.25) is 19.3 Å². The van der Waals surface area contributed by atoms with E-state index in [0.29, 0.717) is 28.4 Å². The van der Waals surface area contributed by atoms with E-state index in [4.69, 9.17) is 4.42 Å². The molecule has 0 bridgehead atoms. The fourth-order valence-corrected chi connectivity index (χ4v) is 4.18. The molecular formula is C23H18N2O5S. The van der Waals surface area contributed by atoms with Crippen LogP contribution in [0.15, 0.2) is 62.6 Å². The molecular weight excluding hydrogens is 416 g/mol. The maximum Gasteiger partial charge on any atom is 0.343 e. The number of anilines is 1. The Kier molecular flexibility index (Phi) is 5.48. The fraction of sp³-hybridized carbons (Fsp3) is 0.130. The smallest absolute Gasteiger partial charge is 0.343 e. The summed E-state index contributed by atoms with van der Waals surface area (Å²) in [6.07, 6.45) is 1.32. The minimum atomic E-state index is -0.627. The zero-order valence-electron chi connectivity index (χ0n) is 16.8. The third kappa shape index (κ3) is 4.44. The maximum atomic E-state index is 12.7. The zero-order chi connectivity index (χ0) is 22.1. The molecule has 2 heterocycles. The van der Waals surface area contributed by atoms with E-state index in [9.17, 15) is 19.2 Å². The Hall–Kier alpha value is -3.65. The summed E-state index contributed by atoms with van der Waals surface area (Å²) in [6, 6.07) is 14.2. The predicted molar refractivity (Wildman–Crippen MR) is 120 cm³/mol. The molecule has 3 amide bonds. The number of imide groups is 1. The molecule has 1 aliphatic rings. The lowest BCUT2D eigenvalue weighted by atomic mass is 10.1. The minimum Gasteiger partial charge on any atom is -0.422 e. The molecule has 3 aromatic rings. The molecule has 1 N–H and O–H groups in total. The van der Waals surface area contributed by atoms with Crippen molar-refractivity contribution in [1.82, 2.24) is 4.90 Å². The van der Waals surface area contributed by atoms with Crippen molar-refractivity contribution >= 4 is 51.5 Å². The van der Waals surface area contributed by atoms with Crippen LogP contribution >= 0.6 is 11.8 Å². The van der Waals surface area contributed by atoms with Crippen LogP contribution in [0, 0.1) is 13.8 Å². The first kappa shape index (κ1) is 20.6. The van der Waals surface area contributed by atoms with Gasteiger partial charge < -0.3 is 9.73 Å². The molecule has 1 aliphatic heterocycles. The van der Waals surface area contributed by atoms with Crippen molar-refractivity contribution in [2.75, 3.05) is 11.9 Å². The number of aryl methyl sites for hydroxylation is 2. The van der Waals surface area contributed by atoms with E-state index in [2.05, 4.69) is 5.32 Å². The average molecular weight is 434 g/mol. The van der Waals surface area contributed by atoms with Crippen LogP contribution in [-0.4, -0.2) is 28.5 Å². The lowest BCUT2D eigenvalue weighted by Gasteiger charge is -2.13. The standard InChI is InChI=1S/C23H18N2O5S/c1-13-7-14(2)9-17(8-13)24-20(26)12-25-21(27)19(31-23(25)29)11-16-10-15-5-3-4-6-18(15)30-22(16)28/h3-11H,12H2,1-2H3,(H,24,26)/b19-11+. The van der Waals surface area contributed by atoms with Crippen molar-refractivity contribution in [1.29, 1.82) is 0 Å². The molecule has 0 atom stereocenters. The number of rotatable bonds is 4. The number of para-hydroxylation sites is 1. The number of thioether (sulfide) groups is 1. The summed E-state index contributed by atoms with van der Waals surface area (Å²) in [7, 11) is 0. The van der Waals surface area contributed by atoms with Gasteiger partial charge in [-0.25, -0.2) is 4.79 Å². The SMILES string of the molecule is Cc1cc(C)cc(NC(=O)CN2C(=O)S/C(=C/c3cc4ccccc4oc3=O)C2=O)c1. The highest BCUT2D eigenvalue weighted by Crippen LogP contribution is 2.32. The van der Waals surface area contributed by atoms with Gasteiger partial charge in [-0.2, -0.15) is 0 Å². The number of benzene rings is 2. The second kappa shape index (κ2) is 8.23. The van der Waals surface area contributed by atoms with Crippen LogP contribution in [-0.2, 0) is 9.59 Å². The quantitative estimate of drug-likeness (QED) is 0.491. The Balaban J connectivity index is 1.53. The highest BCUT2D eigenvalue weighted by molar-refractivity contribution is 8.18. The Morgan fingerprint density at radius 2 is 1.77 bits per heavy atom. The molecule has 7 nitrogen and oxygen atoms in total. The Labute approximate surface area is 181 Å². The molecule has 4 rings (SSSR count). The maximum absolute atomic E-state index is 12.7. The normalized spacial score (nSPS) is 15.2. The van der Waals surface area contributed by atoms with Crippen LogP contribution in [0.1, 0.15) is 16.7 Å². The molecule has 0 unspecified atom stereocenters. The summed E-state index contributed by atoms with van der Waals surface area (Å²) in [5.74, 6) is -1.11. The van der Waals surface area contributed by atoms with Gasteiger partial charge in [0.25, 0.3) is 11.1 Å². The number of hydrogen-bond donors (Lipinski definition) is 1. The molecule has 156 valence electrons. The van der Waals surface area contributed by atoms with Crippen LogP contribution in [0.2, 0.25) is 0 Å². The Morgan fingerprint density at radius 1 is 1.06 bits per heavy atom. The number of nitrogens with one attached hydrogen (secondary N) is 1. The fourth-order valence-electron chi connectivity index (χ4n) is 3.35. The Bertz CT molecular complexity index is 1300. The number of carbonyl (C=O) groups excluding carboxylic acids is 3. The molecule has 0 saturated carbocycles. The lowest BCUT2D eigenvalue weighted by molar-refractivity contribution is -0.127. The Morgan fingerprint density at radius 3 is 2.52 bits per heavy atom. The minimum absolute atomic E-state index is 0.0618. The molecule has 8 heteroatoms. The topological polar surface area (TPSA) is 96.7 Å². The largest absolute Gasteiger partial charge is 0.422 e. The second-order valence-corrected chi connectivity index (χ2v) is 8.21. The molecule has 0 aliphatic carbocycles. The van der Waals surface area contributed by atoms with Gasteiger partial charge in [-0.15, -0.1) is 0 Å². The monoisotopic (exact) mass is 434 g/mol. The van der Waals surface area contributed by atoms with Crippen molar-refractivity contribution in [3.8, 4) is 0 Å². The van der Waals surface area contributed by atoms with E-state index in [0.717, 1.165) is 16.0 Å². The van der Waals surface area contributed by atoms with Gasteiger partial charge in [0.05, 0.1) is 10.5 Å². The third-order valence-corrected chi connectivity index (χ3v) is 5.54. The summed E-state index contributed by atoms with van der Waals surface area (Å²) in [6.45, 7) is 3.40. The molecule has 2 aromatic carbocycles. The van der Waals surface area contributed by atoms with Crippen molar-refractivity contribution in [3.63, 3.8) is 0 Å². The molecule has 0 spiro atoms. The molecule has 1 fully saturated rings. The lowest BCUT2D eigenvalue weighted by Crippen LogP contribution is -2.36. The summed E-state index contributed by atoms with van der Waals surface area (Å²) in [4.78, 5) is 50.6. The van der Waals surface area contributed by atoms with Gasteiger partial charge in [0.15, 0.2) is 0 Å². The summed E-state index contributed by atoms with van der Waals surface area (Å²) in [5, 5.41) is 2.83. The van der Waals surface area contributed by atoms with E-state index in [1.807, 2.05) is 19.9 Å². The van der Waals surface area contributed by atoms with E-state index in [1.54, 1.807) is 42.5 Å². The van der Waals surface area contributed by atoms with E-state index in [-0.39, 0.29) is 10.5 Å². The van der Waals surface area contributed by atoms with Crippen LogP contribution in [0.4, 0.5) is 10.5 Å². The molecule has 31 heavy (non-hydrogen) atoms. The molecule has 1 saturated heterocycles. The van der Waals surface area contributed by atoms with E-state index < -0.39 is 29.2 Å². The highest BCUT2D eigenvalue weighted by atomic mass is 32.2. The van der Waals surface area contributed by atoms with Gasteiger partial charge in [0.2, 0.25) is 5.91 Å². The van der Waals surface area contributed by atoms with Gasteiger partial charge >= 0.3 is 5.63 Å². The number of carbonyl (C=O) groups is 3. The van der Waals surface area contributed by atoms with Gasteiger partial charge in [0.1, 0.15) is 12.1 Å². The summed E-state index contributed by atoms with van der Waals surface area (Å²) in [5.41, 5.74) is 2.54. The van der Waals surface area contributed by atoms with Crippen LogP contribution in [0.25, 0.3) is 17.0 Å². The van der Waals surface area contributed by atoms with Gasteiger partial charge in [-0.1, -0.05) is 24.3 Å². The van der Waals surface area contributed by atoms with Gasteiger partial charge in [-0.05, 0) is 67.1 Å². The van der Waals surface area contributed by atoms with Crippen molar-refractivity contribution in [3.05, 3.63) is 80.5 Å². The number of hydrogen-bond acceptors (Lipinski definition) is 6. The number of nitrogens with zero attached hydrogens (tertiary/aromatic N) is 1. The van der Waals surface area contributed by atoms with E-state index in [1.165, 1.54) is 6.08 Å². The molecule has 1 aromatic heterocycles. The zero-order valence-corrected chi connectivity index (χ0v) is 17.6. The van der Waals surface area contributed by atoms with Crippen molar-refractivity contribution in [2.24, 2.45) is 0 Å². The number of fused-ring (bicyclic) bond motifs is 1. The van der Waals surface area contributed by atoms with Crippen molar-refractivity contribution in [2.45, 2.75) is 13.8 Å². The van der Waals surface area contributed by atoms with E-state index >= 15 is 0 Å². The van der Waals surface area contributed by atoms with Crippen LogP contribution in [0.5, 0.6) is 0 Å². The first-order valence-corrected chi connectivity index (χ1v) is 10.3. The first-order valence-electron chi connectivity index (χ1n) is 9.46. The molecule has 0 radical (unpaired) electrons. The van der Waals surface area contributed by atoms with Gasteiger partial charge in [0, 0.05) is 11.1 Å². The average Bonchev–Trinajstić information content (AvgIpc) is 2.95.